The first kappa shape index (κ1) is 13.8. The zero-order valence-corrected chi connectivity index (χ0v) is 10.8. The van der Waals surface area contributed by atoms with Gasteiger partial charge in [0, 0.05) is 6.54 Å². The van der Waals surface area contributed by atoms with Crippen molar-refractivity contribution in [3.05, 3.63) is 53.5 Å². The van der Waals surface area contributed by atoms with Gasteiger partial charge in [-0.05, 0) is 23.8 Å². The summed E-state index contributed by atoms with van der Waals surface area (Å²) in [6.45, 7) is 0.357. The molecule has 1 aromatic heterocycles. The number of aromatic nitrogens is 1. The van der Waals surface area contributed by atoms with Crippen LogP contribution in [0.3, 0.4) is 0 Å². The third kappa shape index (κ3) is 3.23. The first-order chi connectivity index (χ1) is 9.60. The fourth-order valence-corrected chi connectivity index (χ4v) is 1.71. The predicted molar refractivity (Wildman–Crippen MR) is 71.5 cm³/mol. The van der Waals surface area contributed by atoms with Crippen LogP contribution >= 0.6 is 0 Å². The molecule has 0 aliphatic heterocycles. The Labute approximate surface area is 115 Å². The van der Waals surface area contributed by atoms with Crippen LogP contribution in [-0.2, 0) is 6.54 Å². The van der Waals surface area contributed by atoms with E-state index in [1.54, 1.807) is 7.11 Å². The summed E-state index contributed by atoms with van der Waals surface area (Å²) in [5.74, 6) is -1.09. The number of benzene rings is 1. The highest BCUT2D eigenvalue weighted by Gasteiger charge is 2.12. The van der Waals surface area contributed by atoms with Gasteiger partial charge in [0.1, 0.15) is 22.9 Å². The number of pyridine rings is 1. The molecule has 1 aromatic carbocycles. The number of carboxylic acids is 1. The number of rotatable bonds is 5. The number of ether oxygens (including phenoxy) is 1. The molecule has 2 rings (SSSR count). The van der Waals surface area contributed by atoms with E-state index in [0.717, 1.165) is 17.8 Å². The zero-order valence-electron chi connectivity index (χ0n) is 10.8. The fraction of sp³-hybridized carbons (Fsp3) is 0.143. The standard InChI is InChI=1S/C14H13FN2O3/c1-20-11-4-2-3-9(5-11)7-16-13-12(14(18)19)6-10(15)8-17-13/h2-6,8H,7H2,1H3,(H,16,17)(H,18,19). The Morgan fingerprint density at radius 1 is 1.45 bits per heavy atom. The molecule has 2 aromatic rings. The molecule has 20 heavy (non-hydrogen) atoms. The molecule has 0 aliphatic carbocycles. The van der Waals surface area contributed by atoms with Gasteiger partial charge in [-0.15, -0.1) is 0 Å². The second-order valence-corrected chi connectivity index (χ2v) is 4.06. The summed E-state index contributed by atoms with van der Waals surface area (Å²) in [5.41, 5.74) is 0.694. The Bertz CT molecular complexity index is 632. The summed E-state index contributed by atoms with van der Waals surface area (Å²) in [7, 11) is 1.57. The Kier molecular flexibility index (Phi) is 4.14. The quantitative estimate of drug-likeness (QED) is 0.878. The lowest BCUT2D eigenvalue weighted by molar-refractivity contribution is 0.0697. The number of hydrogen-bond acceptors (Lipinski definition) is 4. The van der Waals surface area contributed by atoms with E-state index in [0.29, 0.717) is 12.3 Å². The molecule has 6 heteroatoms. The normalized spacial score (nSPS) is 10.1. The number of nitrogens with one attached hydrogen (secondary N) is 1. The van der Waals surface area contributed by atoms with Gasteiger partial charge in [-0.1, -0.05) is 12.1 Å². The molecular weight excluding hydrogens is 263 g/mol. The van der Waals surface area contributed by atoms with E-state index >= 15 is 0 Å². The van der Waals surface area contributed by atoms with Crippen molar-refractivity contribution < 1.29 is 19.0 Å². The maximum absolute atomic E-state index is 13.0. The lowest BCUT2D eigenvalue weighted by Crippen LogP contribution is -2.09. The van der Waals surface area contributed by atoms with Crippen LogP contribution < -0.4 is 10.1 Å². The summed E-state index contributed by atoms with van der Waals surface area (Å²) in [5, 5.41) is 11.9. The molecule has 0 spiro atoms. The van der Waals surface area contributed by atoms with Gasteiger partial charge in [0.25, 0.3) is 0 Å². The topological polar surface area (TPSA) is 71.5 Å². The maximum atomic E-state index is 13.0. The van der Waals surface area contributed by atoms with Crippen LogP contribution in [-0.4, -0.2) is 23.2 Å². The molecule has 0 aliphatic rings. The predicted octanol–water partition coefficient (Wildman–Crippen LogP) is 2.54. The molecule has 104 valence electrons. The molecule has 1 heterocycles. The molecular formula is C14H13FN2O3. The van der Waals surface area contributed by atoms with E-state index < -0.39 is 11.8 Å². The number of halogens is 1. The number of methoxy groups -OCH3 is 1. The highest BCUT2D eigenvalue weighted by atomic mass is 19.1. The van der Waals surface area contributed by atoms with E-state index in [1.807, 2.05) is 24.3 Å². The number of hydrogen-bond donors (Lipinski definition) is 2. The van der Waals surface area contributed by atoms with Crippen LogP contribution in [0.2, 0.25) is 0 Å². The Morgan fingerprint density at radius 3 is 2.95 bits per heavy atom. The van der Waals surface area contributed by atoms with E-state index in [2.05, 4.69) is 10.3 Å². The lowest BCUT2D eigenvalue weighted by Gasteiger charge is -2.09. The summed E-state index contributed by atoms with van der Waals surface area (Å²) in [4.78, 5) is 14.8. The van der Waals surface area contributed by atoms with Gasteiger partial charge >= 0.3 is 5.97 Å². The van der Waals surface area contributed by atoms with Crippen molar-refractivity contribution in [2.45, 2.75) is 6.54 Å². The van der Waals surface area contributed by atoms with Gasteiger partial charge < -0.3 is 15.2 Å². The Hall–Kier alpha value is -2.63. The molecule has 0 fully saturated rings. The molecule has 0 radical (unpaired) electrons. The average Bonchev–Trinajstić information content (AvgIpc) is 2.46. The highest BCUT2D eigenvalue weighted by Crippen LogP contribution is 2.17. The minimum Gasteiger partial charge on any atom is -0.497 e. The van der Waals surface area contributed by atoms with Crippen molar-refractivity contribution in [3.63, 3.8) is 0 Å². The molecule has 0 saturated heterocycles. The summed E-state index contributed by atoms with van der Waals surface area (Å²) in [6, 6.07) is 8.24. The van der Waals surface area contributed by atoms with Crippen molar-refractivity contribution in [2.24, 2.45) is 0 Å². The van der Waals surface area contributed by atoms with Crippen LogP contribution in [0.15, 0.2) is 36.5 Å². The van der Waals surface area contributed by atoms with Gasteiger partial charge in [0.2, 0.25) is 0 Å². The van der Waals surface area contributed by atoms with Crippen LogP contribution in [0.1, 0.15) is 15.9 Å². The van der Waals surface area contributed by atoms with Crippen LogP contribution in [0.5, 0.6) is 5.75 Å². The van der Waals surface area contributed by atoms with Crippen molar-refractivity contribution in [1.29, 1.82) is 0 Å². The molecule has 0 atom stereocenters. The number of nitrogens with zero attached hydrogens (tertiary/aromatic N) is 1. The van der Waals surface area contributed by atoms with Gasteiger partial charge in [-0.2, -0.15) is 0 Å². The minimum atomic E-state index is -1.23. The van der Waals surface area contributed by atoms with E-state index in [4.69, 9.17) is 9.84 Å². The van der Waals surface area contributed by atoms with Crippen molar-refractivity contribution in [2.75, 3.05) is 12.4 Å². The van der Waals surface area contributed by atoms with Crippen LogP contribution in [0.4, 0.5) is 10.2 Å². The van der Waals surface area contributed by atoms with E-state index in [1.165, 1.54) is 0 Å². The third-order valence-corrected chi connectivity index (χ3v) is 2.68. The van der Waals surface area contributed by atoms with E-state index in [9.17, 15) is 9.18 Å². The smallest absolute Gasteiger partial charge is 0.339 e. The maximum Gasteiger partial charge on any atom is 0.339 e. The lowest BCUT2D eigenvalue weighted by atomic mass is 10.2. The number of anilines is 1. The van der Waals surface area contributed by atoms with Crippen LogP contribution in [0.25, 0.3) is 0 Å². The summed E-state index contributed by atoms with van der Waals surface area (Å²) >= 11 is 0. The largest absolute Gasteiger partial charge is 0.497 e. The monoisotopic (exact) mass is 276 g/mol. The molecule has 0 unspecified atom stereocenters. The summed E-state index contributed by atoms with van der Waals surface area (Å²) < 4.78 is 18.1. The highest BCUT2D eigenvalue weighted by molar-refractivity contribution is 5.93. The van der Waals surface area contributed by atoms with Crippen molar-refractivity contribution >= 4 is 11.8 Å². The third-order valence-electron chi connectivity index (χ3n) is 2.68. The fourth-order valence-electron chi connectivity index (χ4n) is 1.71. The van der Waals surface area contributed by atoms with Gasteiger partial charge in [0.05, 0.1) is 13.3 Å². The molecule has 5 nitrogen and oxygen atoms in total. The van der Waals surface area contributed by atoms with E-state index in [-0.39, 0.29) is 11.4 Å². The number of carbonyl (C=O) groups is 1. The van der Waals surface area contributed by atoms with Crippen molar-refractivity contribution in [1.82, 2.24) is 4.98 Å². The first-order valence-electron chi connectivity index (χ1n) is 5.86. The SMILES string of the molecule is COc1cccc(CNc2ncc(F)cc2C(=O)O)c1. The second kappa shape index (κ2) is 6.01. The molecule has 2 N–H and O–H groups in total. The average molecular weight is 276 g/mol. The van der Waals surface area contributed by atoms with Gasteiger partial charge in [-0.25, -0.2) is 14.2 Å². The molecule has 0 amide bonds. The molecule has 0 saturated carbocycles. The number of carboxylic acid groups (broad SMARTS) is 1. The van der Waals surface area contributed by atoms with Gasteiger partial charge in [-0.3, -0.25) is 0 Å². The summed E-state index contributed by atoms with van der Waals surface area (Å²) in [6.07, 6.45) is 0.973. The number of aromatic carboxylic acids is 1. The Morgan fingerprint density at radius 2 is 2.25 bits per heavy atom. The first-order valence-corrected chi connectivity index (χ1v) is 5.86. The van der Waals surface area contributed by atoms with Crippen LogP contribution in [0, 0.1) is 5.82 Å². The van der Waals surface area contributed by atoms with Gasteiger partial charge in [0.15, 0.2) is 0 Å². The van der Waals surface area contributed by atoms with Crippen molar-refractivity contribution in [3.8, 4) is 5.75 Å². The zero-order chi connectivity index (χ0) is 14.5. The second-order valence-electron chi connectivity index (χ2n) is 4.06. The Balaban J connectivity index is 2.16. The minimum absolute atomic E-state index is 0.127. The molecule has 0 bridgehead atoms.